The molecule has 0 bridgehead atoms. The number of aliphatic imine (C=N–C) groups is 1. The zero-order valence-electron chi connectivity index (χ0n) is 14.9. The van der Waals surface area contributed by atoms with Crippen LogP contribution in [0.25, 0.3) is 0 Å². The number of ether oxygens (including phenoxy) is 1. The minimum absolute atomic E-state index is 0.581. The highest BCUT2D eigenvalue weighted by Gasteiger charge is 2.24. The van der Waals surface area contributed by atoms with Gasteiger partial charge in [-0.3, -0.25) is 0 Å². The Morgan fingerprint density at radius 1 is 1.12 bits per heavy atom. The Labute approximate surface area is 150 Å². The van der Waals surface area contributed by atoms with E-state index >= 15 is 0 Å². The van der Waals surface area contributed by atoms with Gasteiger partial charge in [0, 0.05) is 36.9 Å². The maximum atomic E-state index is 5.47. The van der Waals surface area contributed by atoms with E-state index in [2.05, 4.69) is 26.6 Å². The van der Waals surface area contributed by atoms with Gasteiger partial charge in [0.25, 0.3) is 0 Å². The van der Waals surface area contributed by atoms with E-state index in [0.717, 1.165) is 38.1 Å². The largest absolute Gasteiger partial charge is 0.378 e. The Hall–Kier alpha value is -1.82. The number of hydrogen-bond acceptors (Lipinski definition) is 4. The number of anilines is 1. The van der Waals surface area contributed by atoms with Crippen LogP contribution in [0.3, 0.4) is 0 Å². The summed E-state index contributed by atoms with van der Waals surface area (Å²) in [6.07, 6.45) is 9.58. The Morgan fingerprint density at radius 2 is 1.84 bits per heavy atom. The molecule has 0 radical (unpaired) electrons. The molecule has 1 saturated heterocycles. The normalized spacial score (nSPS) is 22.2. The highest BCUT2D eigenvalue weighted by Crippen LogP contribution is 2.22. The lowest BCUT2D eigenvalue weighted by atomic mass is 10.2. The molecule has 4 rings (SSSR count). The van der Waals surface area contributed by atoms with Crippen molar-refractivity contribution >= 4 is 11.8 Å². The lowest BCUT2D eigenvalue weighted by Crippen LogP contribution is -2.43. The Bertz CT molecular complexity index is 589. The van der Waals surface area contributed by atoms with Crippen LogP contribution >= 0.6 is 0 Å². The smallest absolute Gasteiger partial charge is 0.192 e. The first-order valence-corrected chi connectivity index (χ1v) is 9.72. The number of morpholine rings is 1. The van der Waals surface area contributed by atoms with Crippen LogP contribution in [0.1, 0.15) is 44.1 Å². The standard InChI is InChI=1S/C19H29N5O/c1-2-6-16(5-1)22-19(23-17-7-8-17)21-14-15-4-3-9-20-18(15)24-10-12-25-13-11-24/h3-4,9,16-17H,1-2,5-8,10-14H2,(H2,21,22,23). The average molecular weight is 343 g/mol. The van der Waals surface area contributed by atoms with Crippen LogP contribution in [0.4, 0.5) is 5.82 Å². The third-order valence-corrected chi connectivity index (χ3v) is 5.20. The van der Waals surface area contributed by atoms with E-state index in [1.807, 2.05) is 12.3 Å². The Balaban J connectivity index is 1.45. The maximum Gasteiger partial charge on any atom is 0.192 e. The molecule has 2 saturated carbocycles. The number of guanidine groups is 1. The molecular formula is C19H29N5O. The molecule has 2 heterocycles. The van der Waals surface area contributed by atoms with E-state index in [9.17, 15) is 0 Å². The second-order valence-corrected chi connectivity index (χ2v) is 7.29. The van der Waals surface area contributed by atoms with E-state index in [1.54, 1.807) is 0 Å². The van der Waals surface area contributed by atoms with Crippen molar-refractivity contribution in [3.05, 3.63) is 23.9 Å². The van der Waals surface area contributed by atoms with Crippen molar-refractivity contribution in [2.24, 2.45) is 4.99 Å². The lowest BCUT2D eigenvalue weighted by molar-refractivity contribution is 0.122. The van der Waals surface area contributed by atoms with Crippen LogP contribution in [0.15, 0.2) is 23.3 Å². The Morgan fingerprint density at radius 3 is 2.56 bits per heavy atom. The number of pyridine rings is 1. The number of rotatable bonds is 5. The molecule has 2 aliphatic carbocycles. The van der Waals surface area contributed by atoms with Crippen LogP contribution < -0.4 is 15.5 Å². The van der Waals surface area contributed by atoms with Gasteiger partial charge in [-0.15, -0.1) is 0 Å². The summed E-state index contributed by atoms with van der Waals surface area (Å²) in [4.78, 5) is 11.8. The SMILES string of the molecule is c1cnc(N2CCOCC2)c(CN=C(NC2CCCC2)NC2CC2)c1. The molecule has 1 aliphatic heterocycles. The molecule has 25 heavy (non-hydrogen) atoms. The molecule has 0 spiro atoms. The minimum atomic E-state index is 0.581. The van der Waals surface area contributed by atoms with Gasteiger partial charge in [-0.25, -0.2) is 9.98 Å². The molecule has 1 aromatic rings. The fraction of sp³-hybridized carbons (Fsp3) is 0.684. The Kier molecular flexibility index (Phi) is 5.35. The summed E-state index contributed by atoms with van der Waals surface area (Å²) in [6.45, 7) is 4.02. The second kappa shape index (κ2) is 8.04. The molecule has 136 valence electrons. The van der Waals surface area contributed by atoms with E-state index < -0.39 is 0 Å². The first kappa shape index (κ1) is 16.6. The molecule has 0 atom stereocenters. The highest BCUT2D eigenvalue weighted by molar-refractivity contribution is 5.80. The van der Waals surface area contributed by atoms with Gasteiger partial charge in [0.15, 0.2) is 5.96 Å². The summed E-state index contributed by atoms with van der Waals surface area (Å²) in [5.41, 5.74) is 1.19. The molecule has 3 fully saturated rings. The minimum Gasteiger partial charge on any atom is -0.378 e. The predicted octanol–water partition coefficient (Wildman–Crippen LogP) is 2.06. The third kappa shape index (κ3) is 4.63. The van der Waals surface area contributed by atoms with Gasteiger partial charge in [0.1, 0.15) is 5.82 Å². The average Bonchev–Trinajstić information content (AvgIpc) is 3.33. The van der Waals surface area contributed by atoms with Gasteiger partial charge < -0.3 is 20.3 Å². The van der Waals surface area contributed by atoms with Crippen molar-refractivity contribution in [3.8, 4) is 0 Å². The molecule has 0 aromatic carbocycles. The number of nitrogens with one attached hydrogen (secondary N) is 2. The van der Waals surface area contributed by atoms with Crippen LogP contribution in [-0.2, 0) is 11.3 Å². The molecule has 6 heteroatoms. The van der Waals surface area contributed by atoms with Gasteiger partial charge in [-0.2, -0.15) is 0 Å². The zero-order chi connectivity index (χ0) is 16.9. The molecule has 0 amide bonds. The van der Waals surface area contributed by atoms with Crippen molar-refractivity contribution < 1.29 is 4.74 Å². The van der Waals surface area contributed by atoms with Crippen molar-refractivity contribution in [2.75, 3.05) is 31.2 Å². The van der Waals surface area contributed by atoms with Crippen molar-refractivity contribution in [1.82, 2.24) is 15.6 Å². The van der Waals surface area contributed by atoms with Crippen LogP contribution in [-0.4, -0.2) is 49.3 Å². The fourth-order valence-corrected chi connectivity index (χ4v) is 3.60. The topological polar surface area (TPSA) is 61.8 Å². The molecule has 1 aromatic heterocycles. The van der Waals surface area contributed by atoms with E-state index in [0.29, 0.717) is 18.6 Å². The molecule has 2 N–H and O–H groups in total. The summed E-state index contributed by atoms with van der Waals surface area (Å²) in [7, 11) is 0. The predicted molar refractivity (Wildman–Crippen MR) is 100.0 cm³/mol. The van der Waals surface area contributed by atoms with Crippen molar-refractivity contribution in [1.29, 1.82) is 0 Å². The molecule has 6 nitrogen and oxygen atoms in total. The van der Waals surface area contributed by atoms with Crippen LogP contribution in [0.2, 0.25) is 0 Å². The first-order chi connectivity index (χ1) is 12.4. The van der Waals surface area contributed by atoms with Crippen LogP contribution in [0, 0.1) is 0 Å². The highest BCUT2D eigenvalue weighted by atomic mass is 16.5. The fourth-order valence-electron chi connectivity index (χ4n) is 3.60. The van der Waals surface area contributed by atoms with E-state index in [4.69, 9.17) is 9.73 Å². The number of hydrogen-bond donors (Lipinski definition) is 2. The van der Waals surface area contributed by atoms with Crippen molar-refractivity contribution in [2.45, 2.75) is 57.2 Å². The number of nitrogens with zero attached hydrogens (tertiary/aromatic N) is 3. The summed E-state index contributed by atoms with van der Waals surface area (Å²) in [5, 5.41) is 7.21. The zero-order valence-corrected chi connectivity index (χ0v) is 14.9. The first-order valence-electron chi connectivity index (χ1n) is 9.72. The van der Waals surface area contributed by atoms with Gasteiger partial charge in [-0.05, 0) is 31.7 Å². The van der Waals surface area contributed by atoms with Gasteiger partial charge in [0.2, 0.25) is 0 Å². The molecule has 3 aliphatic rings. The van der Waals surface area contributed by atoms with E-state index in [1.165, 1.54) is 44.1 Å². The third-order valence-electron chi connectivity index (χ3n) is 5.20. The van der Waals surface area contributed by atoms with Gasteiger partial charge in [0.05, 0.1) is 19.8 Å². The summed E-state index contributed by atoms with van der Waals surface area (Å²) in [6, 6.07) is 5.34. The summed E-state index contributed by atoms with van der Waals surface area (Å²) < 4.78 is 5.47. The molecule has 0 unspecified atom stereocenters. The monoisotopic (exact) mass is 343 g/mol. The second-order valence-electron chi connectivity index (χ2n) is 7.29. The van der Waals surface area contributed by atoms with Gasteiger partial charge in [-0.1, -0.05) is 18.9 Å². The quantitative estimate of drug-likeness (QED) is 0.633. The molecular weight excluding hydrogens is 314 g/mol. The maximum absolute atomic E-state index is 5.47. The van der Waals surface area contributed by atoms with Gasteiger partial charge >= 0.3 is 0 Å². The number of aromatic nitrogens is 1. The van der Waals surface area contributed by atoms with E-state index in [-0.39, 0.29) is 0 Å². The summed E-state index contributed by atoms with van der Waals surface area (Å²) >= 11 is 0. The van der Waals surface area contributed by atoms with Crippen molar-refractivity contribution in [3.63, 3.8) is 0 Å². The van der Waals surface area contributed by atoms with Crippen LogP contribution in [0.5, 0.6) is 0 Å². The summed E-state index contributed by atoms with van der Waals surface area (Å²) in [5.74, 6) is 2.03. The lowest BCUT2D eigenvalue weighted by Gasteiger charge is -2.29.